The predicted molar refractivity (Wildman–Crippen MR) is 114 cm³/mol. The van der Waals surface area contributed by atoms with Crippen molar-refractivity contribution >= 4 is 23.2 Å². The molecule has 2 amide bonds. The normalized spacial score (nSPS) is 11.5. The molecule has 30 heavy (non-hydrogen) atoms. The van der Waals surface area contributed by atoms with Gasteiger partial charge in [0.05, 0.1) is 12.0 Å². The molecule has 9 nitrogen and oxygen atoms in total. The number of benzene rings is 2. The number of methoxy groups -OCH3 is 1. The van der Waals surface area contributed by atoms with Gasteiger partial charge in [0.2, 0.25) is 5.91 Å². The number of nitro benzene ring substituents is 1. The number of non-ortho nitro benzene ring substituents is 1. The van der Waals surface area contributed by atoms with Gasteiger partial charge in [-0.05, 0) is 42.3 Å². The summed E-state index contributed by atoms with van der Waals surface area (Å²) in [5.41, 5.74) is 1.17. The number of hydrogen-bond donors (Lipinski definition) is 3. The molecule has 3 N–H and O–H groups in total. The first-order chi connectivity index (χ1) is 14.3. The molecule has 2 aromatic rings. The number of ether oxygens (including phenoxy) is 1. The van der Waals surface area contributed by atoms with Crippen molar-refractivity contribution in [3.63, 3.8) is 0 Å². The van der Waals surface area contributed by atoms with Crippen LogP contribution in [0.2, 0.25) is 0 Å². The van der Waals surface area contributed by atoms with E-state index in [9.17, 15) is 19.7 Å². The van der Waals surface area contributed by atoms with Crippen molar-refractivity contribution in [2.24, 2.45) is 5.92 Å². The maximum absolute atomic E-state index is 12.5. The predicted octanol–water partition coefficient (Wildman–Crippen LogP) is 2.59. The zero-order chi connectivity index (χ0) is 22.1. The average molecular weight is 414 g/mol. The molecule has 0 unspecified atom stereocenters. The van der Waals surface area contributed by atoms with Crippen LogP contribution in [0.4, 0.5) is 11.4 Å². The Morgan fingerprint density at radius 2 is 1.67 bits per heavy atom. The van der Waals surface area contributed by atoms with Crippen LogP contribution in [-0.2, 0) is 4.79 Å². The summed E-state index contributed by atoms with van der Waals surface area (Å²) in [4.78, 5) is 35.2. The van der Waals surface area contributed by atoms with E-state index in [1.165, 1.54) is 12.1 Å². The van der Waals surface area contributed by atoms with Gasteiger partial charge in [0.25, 0.3) is 11.6 Å². The fourth-order valence-electron chi connectivity index (χ4n) is 2.71. The zero-order valence-electron chi connectivity index (χ0n) is 17.2. The third-order valence-electron chi connectivity index (χ3n) is 4.42. The Balaban J connectivity index is 1.84. The van der Waals surface area contributed by atoms with Crippen molar-refractivity contribution in [2.45, 2.75) is 19.9 Å². The molecule has 0 bridgehead atoms. The first-order valence-electron chi connectivity index (χ1n) is 9.52. The average Bonchev–Trinajstić information content (AvgIpc) is 2.74. The van der Waals surface area contributed by atoms with Gasteiger partial charge >= 0.3 is 0 Å². The molecule has 0 saturated carbocycles. The van der Waals surface area contributed by atoms with Crippen molar-refractivity contribution in [1.82, 2.24) is 10.6 Å². The fourth-order valence-corrected chi connectivity index (χ4v) is 2.71. The third-order valence-corrected chi connectivity index (χ3v) is 4.42. The maximum atomic E-state index is 12.5. The van der Waals surface area contributed by atoms with Crippen LogP contribution in [0, 0.1) is 16.0 Å². The van der Waals surface area contributed by atoms with Gasteiger partial charge in [0.15, 0.2) is 0 Å². The monoisotopic (exact) mass is 414 g/mol. The second kappa shape index (κ2) is 10.8. The second-order valence-corrected chi connectivity index (χ2v) is 6.95. The van der Waals surface area contributed by atoms with E-state index in [2.05, 4.69) is 16.0 Å². The molecule has 9 heteroatoms. The van der Waals surface area contributed by atoms with E-state index in [-0.39, 0.29) is 23.4 Å². The summed E-state index contributed by atoms with van der Waals surface area (Å²) in [7, 11) is 1.55. The highest BCUT2D eigenvalue weighted by Crippen LogP contribution is 2.15. The Morgan fingerprint density at radius 1 is 1.03 bits per heavy atom. The van der Waals surface area contributed by atoms with Crippen LogP contribution < -0.4 is 20.7 Å². The van der Waals surface area contributed by atoms with E-state index in [0.29, 0.717) is 30.1 Å². The molecule has 0 aliphatic carbocycles. The fraction of sp³-hybridized carbons (Fsp3) is 0.333. The van der Waals surface area contributed by atoms with Crippen molar-refractivity contribution in [2.75, 3.05) is 25.5 Å². The minimum absolute atomic E-state index is 0.0150. The molecule has 0 aliphatic rings. The zero-order valence-corrected chi connectivity index (χ0v) is 17.2. The van der Waals surface area contributed by atoms with E-state index in [1.54, 1.807) is 43.5 Å². The molecule has 0 aromatic heterocycles. The van der Waals surface area contributed by atoms with E-state index in [1.807, 2.05) is 13.8 Å². The van der Waals surface area contributed by atoms with Gasteiger partial charge in [0.1, 0.15) is 11.8 Å². The quantitative estimate of drug-likeness (QED) is 0.312. The van der Waals surface area contributed by atoms with Gasteiger partial charge in [-0.1, -0.05) is 13.8 Å². The molecular weight excluding hydrogens is 388 g/mol. The van der Waals surface area contributed by atoms with E-state index >= 15 is 0 Å². The van der Waals surface area contributed by atoms with Crippen LogP contribution in [0.25, 0.3) is 0 Å². The minimum Gasteiger partial charge on any atom is -0.497 e. The Hall–Kier alpha value is -3.62. The van der Waals surface area contributed by atoms with Crippen molar-refractivity contribution < 1.29 is 19.2 Å². The minimum atomic E-state index is -0.682. The first-order valence-corrected chi connectivity index (χ1v) is 9.52. The summed E-state index contributed by atoms with van der Waals surface area (Å²) in [5.74, 6) is -0.0760. The molecule has 0 spiro atoms. The van der Waals surface area contributed by atoms with Gasteiger partial charge in [-0.25, -0.2) is 0 Å². The van der Waals surface area contributed by atoms with Gasteiger partial charge in [-0.3, -0.25) is 19.7 Å². The number of nitro groups is 1. The maximum Gasteiger partial charge on any atom is 0.269 e. The molecule has 0 saturated heterocycles. The Morgan fingerprint density at radius 3 is 2.20 bits per heavy atom. The molecule has 0 aliphatic heterocycles. The summed E-state index contributed by atoms with van der Waals surface area (Å²) in [6.07, 6.45) is 0. The van der Waals surface area contributed by atoms with Crippen LogP contribution in [0.5, 0.6) is 5.75 Å². The highest BCUT2D eigenvalue weighted by atomic mass is 16.6. The van der Waals surface area contributed by atoms with Crippen LogP contribution in [0.1, 0.15) is 24.2 Å². The molecule has 0 fully saturated rings. The Labute approximate surface area is 175 Å². The van der Waals surface area contributed by atoms with Crippen LogP contribution in [-0.4, -0.2) is 43.0 Å². The SMILES string of the molecule is COc1ccc(C(=O)N[C@H](C(=O)NCCNc2ccc([N+](=O)[O-])cc2)C(C)C)cc1. The van der Waals surface area contributed by atoms with E-state index in [0.717, 1.165) is 0 Å². The van der Waals surface area contributed by atoms with E-state index in [4.69, 9.17) is 4.74 Å². The summed E-state index contributed by atoms with van der Waals surface area (Å²) in [6, 6.07) is 12.0. The Bertz CT molecular complexity index is 866. The largest absolute Gasteiger partial charge is 0.497 e. The third kappa shape index (κ3) is 6.47. The highest BCUT2D eigenvalue weighted by Gasteiger charge is 2.24. The Kier molecular flexibility index (Phi) is 8.16. The number of nitrogens with one attached hydrogen (secondary N) is 3. The van der Waals surface area contributed by atoms with Gasteiger partial charge in [0, 0.05) is 36.5 Å². The smallest absolute Gasteiger partial charge is 0.269 e. The molecule has 2 aromatic carbocycles. The summed E-state index contributed by atoms with van der Waals surface area (Å²) >= 11 is 0. The molecule has 0 heterocycles. The van der Waals surface area contributed by atoms with Crippen LogP contribution in [0.15, 0.2) is 48.5 Å². The number of carbonyl (C=O) groups excluding carboxylic acids is 2. The standard InChI is InChI=1S/C21H26N4O5/c1-14(2)19(24-20(26)15-4-10-18(30-3)11-5-15)21(27)23-13-12-22-16-6-8-17(9-7-16)25(28)29/h4-11,14,19,22H,12-13H2,1-3H3,(H,23,27)(H,24,26)/t19-/m0/s1. The molecule has 2 rings (SSSR count). The van der Waals surface area contributed by atoms with Gasteiger partial charge in [-0.2, -0.15) is 0 Å². The second-order valence-electron chi connectivity index (χ2n) is 6.95. The topological polar surface area (TPSA) is 123 Å². The molecule has 160 valence electrons. The number of carbonyl (C=O) groups is 2. The van der Waals surface area contributed by atoms with Crippen LogP contribution >= 0.6 is 0 Å². The molecular formula is C21H26N4O5. The number of anilines is 1. The van der Waals surface area contributed by atoms with E-state index < -0.39 is 11.0 Å². The van der Waals surface area contributed by atoms with Crippen molar-refractivity contribution in [3.8, 4) is 5.75 Å². The molecule has 1 atom stereocenters. The van der Waals surface area contributed by atoms with Crippen LogP contribution in [0.3, 0.4) is 0 Å². The number of rotatable bonds is 10. The lowest BCUT2D eigenvalue weighted by molar-refractivity contribution is -0.384. The lowest BCUT2D eigenvalue weighted by Crippen LogP contribution is -2.50. The number of hydrogen-bond acceptors (Lipinski definition) is 6. The number of nitrogens with zero attached hydrogens (tertiary/aromatic N) is 1. The highest BCUT2D eigenvalue weighted by molar-refractivity contribution is 5.97. The van der Waals surface area contributed by atoms with Gasteiger partial charge in [-0.15, -0.1) is 0 Å². The van der Waals surface area contributed by atoms with Crippen molar-refractivity contribution in [3.05, 3.63) is 64.2 Å². The number of amides is 2. The lowest BCUT2D eigenvalue weighted by Gasteiger charge is -2.22. The molecule has 0 radical (unpaired) electrons. The first kappa shape index (κ1) is 22.7. The summed E-state index contributed by atoms with van der Waals surface area (Å²) in [5, 5.41) is 19.3. The van der Waals surface area contributed by atoms with Gasteiger partial charge < -0.3 is 20.7 Å². The summed E-state index contributed by atoms with van der Waals surface area (Å²) < 4.78 is 5.08. The lowest BCUT2D eigenvalue weighted by atomic mass is 10.0. The summed E-state index contributed by atoms with van der Waals surface area (Å²) in [6.45, 7) is 4.47. The van der Waals surface area contributed by atoms with Crippen molar-refractivity contribution in [1.29, 1.82) is 0 Å².